The van der Waals surface area contributed by atoms with Gasteiger partial charge in [0.2, 0.25) is 6.43 Å². The zero-order valence-electron chi connectivity index (χ0n) is 7.61. The number of nitrogens with zero attached hydrogens (tertiary/aromatic N) is 1. The van der Waals surface area contributed by atoms with Crippen molar-refractivity contribution in [3.8, 4) is 0 Å². The number of pyridine rings is 1. The van der Waals surface area contributed by atoms with Gasteiger partial charge >= 0.3 is 0 Å². The molecule has 1 unspecified atom stereocenters. The van der Waals surface area contributed by atoms with E-state index >= 15 is 0 Å². The number of fused-ring (bicyclic) bond motifs is 1. The number of aromatic nitrogens is 1. The second-order valence-corrected chi connectivity index (χ2v) is 5.36. The molecule has 0 bridgehead atoms. The Kier molecular flexibility index (Phi) is 2.85. The highest BCUT2D eigenvalue weighted by atomic mass is 79.9. The highest BCUT2D eigenvalue weighted by Gasteiger charge is 2.41. The molecule has 1 aliphatic rings. The molecule has 0 saturated heterocycles. The monoisotopic (exact) mass is 296 g/mol. The van der Waals surface area contributed by atoms with Crippen LogP contribution < -0.4 is 5.32 Å². The molecule has 82 valence electrons. The second kappa shape index (κ2) is 3.87. The third-order valence-corrected chi connectivity index (χ3v) is 3.68. The van der Waals surface area contributed by atoms with Crippen molar-refractivity contribution >= 4 is 33.3 Å². The van der Waals surface area contributed by atoms with Crippen molar-refractivity contribution in [3.63, 3.8) is 0 Å². The lowest BCUT2D eigenvalue weighted by atomic mass is 9.99. The fourth-order valence-corrected chi connectivity index (χ4v) is 2.96. The predicted octanol–water partition coefficient (Wildman–Crippen LogP) is 3.41. The molecule has 1 aliphatic heterocycles. The van der Waals surface area contributed by atoms with E-state index in [1.807, 2.05) is 0 Å². The van der Waals surface area contributed by atoms with Crippen molar-refractivity contribution in [1.82, 2.24) is 4.98 Å². The van der Waals surface area contributed by atoms with Crippen LogP contribution in [0.25, 0.3) is 0 Å². The molecule has 0 radical (unpaired) electrons. The first-order chi connectivity index (χ1) is 7.03. The van der Waals surface area contributed by atoms with Gasteiger partial charge in [-0.15, -0.1) is 0 Å². The highest BCUT2D eigenvalue weighted by Crippen LogP contribution is 2.47. The molecule has 0 amide bonds. The molecule has 0 aromatic carbocycles. The molecular formula is C9H8BrClF2N2. The normalized spacial score (nSPS) is 24.1. The maximum Gasteiger partial charge on any atom is 0.240 e. The third kappa shape index (κ3) is 1.95. The smallest absolute Gasteiger partial charge is 0.240 e. The lowest BCUT2D eigenvalue weighted by Crippen LogP contribution is -2.23. The molecule has 1 aromatic heterocycles. The molecule has 15 heavy (non-hydrogen) atoms. The number of halogens is 4. The van der Waals surface area contributed by atoms with Crippen LogP contribution in [0.3, 0.4) is 0 Å². The number of hydrogen-bond acceptors (Lipinski definition) is 2. The Bertz CT molecular complexity index is 388. The van der Waals surface area contributed by atoms with Crippen LogP contribution >= 0.6 is 27.5 Å². The van der Waals surface area contributed by atoms with Crippen molar-refractivity contribution in [2.45, 2.75) is 17.2 Å². The summed E-state index contributed by atoms with van der Waals surface area (Å²) in [5, 5.41) is 3.42. The Labute approximate surface area is 99.2 Å². The standard InChI is InChI=1S/C9H8BrClF2N2/c10-9(3-6(12)13)4-15-8-7(9)5(11)1-2-14-8/h1-2,6H,3-4H2,(H,14,15). The maximum absolute atomic E-state index is 12.4. The van der Waals surface area contributed by atoms with Gasteiger partial charge < -0.3 is 5.32 Å². The van der Waals surface area contributed by atoms with Gasteiger partial charge in [0.15, 0.2) is 0 Å². The fraction of sp³-hybridized carbons (Fsp3) is 0.444. The van der Waals surface area contributed by atoms with E-state index < -0.39 is 10.7 Å². The first-order valence-electron chi connectivity index (χ1n) is 4.39. The summed E-state index contributed by atoms with van der Waals surface area (Å²) in [4.78, 5) is 4.05. The van der Waals surface area contributed by atoms with E-state index in [1.54, 1.807) is 12.3 Å². The van der Waals surface area contributed by atoms with E-state index in [0.29, 0.717) is 22.9 Å². The van der Waals surface area contributed by atoms with Gasteiger partial charge in [0.1, 0.15) is 5.82 Å². The SMILES string of the molecule is FC(F)CC1(Br)CNc2nccc(Cl)c21. The van der Waals surface area contributed by atoms with Gasteiger partial charge in [0.25, 0.3) is 0 Å². The fourth-order valence-electron chi connectivity index (χ4n) is 1.73. The van der Waals surface area contributed by atoms with Gasteiger partial charge in [0.05, 0.1) is 9.35 Å². The average Bonchev–Trinajstić information content (AvgIpc) is 2.44. The molecule has 2 heterocycles. The Balaban J connectivity index is 2.42. The molecule has 0 fully saturated rings. The minimum absolute atomic E-state index is 0.279. The molecule has 1 N–H and O–H groups in total. The lowest BCUT2D eigenvalue weighted by molar-refractivity contribution is 0.126. The van der Waals surface area contributed by atoms with Crippen molar-refractivity contribution in [1.29, 1.82) is 0 Å². The van der Waals surface area contributed by atoms with Crippen LogP contribution in [0.1, 0.15) is 12.0 Å². The van der Waals surface area contributed by atoms with Crippen LogP contribution in [0.5, 0.6) is 0 Å². The number of alkyl halides is 3. The first kappa shape index (κ1) is 11.1. The molecule has 6 heteroatoms. The van der Waals surface area contributed by atoms with Gasteiger partial charge in [-0.2, -0.15) is 0 Å². The minimum Gasteiger partial charge on any atom is -0.368 e. The summed E-state index contributed by atoms with van der Waals surface area (Å²) in [6, 6.07) is 1.61. The van der Waals surface area contributed by atoms with Crippen LogP contribution in [0, 0.1) is 0 Å². The Morgan fingerprint density at radius 2 is 2.40 bits per heavy atom. The van der Waals surface area contributed by atoms with Gasteiger partial charge in [-0.25, -0.2) is 13.8 Å². The van der Waals surface area contributed by atoms with Crippen molar-refractivity contribution in [2.24, 2.45) is 0 Å². The average molecular weight is 298 g/mol. The lowest BCUT2D eigenvalue weighted by Gasteiger charge is -2.21. The van der Waals surface area contributed by atoms with Crippen molar-refractivity contribution < 1.29 is 8.78 Å². The molecule has 2 nitrogen and oxygen atoms in total. The number of nitrogens with one attached hydrogen (secondary N) is 1. The topological polar surface area (TPSA) is 24.9 Å². The van der Waals surface area contributed by atoms with Crippen LogP contribution in [0.4, 0.5) is 14.6 Å². The zero-order chi connectivity index (χ0) is 11.1. The molecule has 0 saturated carbocycles. The Hall–Kier alpha value is -0.420. The largest absolute Gasteiger partial charge is 0.368 e. The second-order valence-electron chi connectivity index (χ2n) is 3.43. The summed E-state index contributed by atoms with van der Waals surface area (Å²) >= 11 is 9.31. The summed E-state index contributed by atoms with van der Waals surface area (Å²) in [6.07, 6.45) is -1.11. The van der Waals surface area contributed by atoms with Crippen LogP contribution in [-0.2, 0) is 4.32 Å². The number of rotatable bonds is 2. The first-order valence-corrected chi connectivity index (χ1v) is 5.56. The molecule has 1 aromatic rings. The molecule has 1 atom stereocenters. The van der Waals surface area contributed by atoms with Gasteiger partial charge in [0, 0.05) is 24.7 Å². The molecule has 0 aliphatic carbocycles. The van der Waals surface area contributed by atoms with E-state index in [4.69, 9.17) is 11.6 Å². The molecular weight excluding hydrogens is 289 g/mol. The summed E-state index contributed by atoms with van der Waals surface area (Å²) in [6.45, 7) is 0.378. The molecule has 0 spiro atoms. The summed E-state index contributed by atoms with van der Waals surface area (Å²) in [7, 11) is 0. The summed E-state index contributed by atoms with van der Waals surface area (Å²) in [5.74, 6) is 0.583. The van der Waals surface area contributed by atoms with Crippen molar-refractivity contribution in [2.75, 3.05) is 11.9 Å². The third-order valence-electron chi connectivity index (χ3n) is 2.36. The molecule has 2 rings (SSSR count). The number of anilines is 1. The quantitative estimate of drug-likeness (QED) is 0.846. The van der Waals surface area contributed by atoms with Gasteiger partial charge in [-0.1, -0.05) is 27.5 Å². The van der Waals surface area contributed by atoms with E-state index in [9.17, 15) is 8.78 Å². The Morgan fingerprint density at radius 1 is 1.67 bits per heavy atom. The van der Waals surface area contributed by atoms with E-state index in [-0.39, 0.29) is 6.42 Å². The predicted molar refractivity (Wildman–Crippen MR) is 59.0 cm³/mol. The van der Waals surface area contributed by atoms with Crippen molar-refractivity contribution in [3.05, 3.63) is 22.8 Å². The van der Waals surface area contributed by atoms with Crippen LogP contribution in [0.2, 0.25) is 5.02 Å². The van der Waals surface area contributed by atoms with Gasteiger partial charge in [-0.05, 0) is 6.07 Å². The summed E-state index contributed by atoms with van der Waals surface area (Å²) < 4.78 is 24.1. The van der Waals surface area contributed by atoms with Crippen LogP contribution in [-0.4, -0.2) is 18.0 Å². The van der Waals surface area contributed by atoms with Gasteiger partial charge in [-0.3, -0.25) is 0 Å². The Morgan fingerprint density at radius 3 is 3.07 bits per heavy atom. The minimum atomic E-state index is -2.38. The highest BCUT2D eigenvalue weighted by molar-refractivity contribution is 9.09. The summed E-state index contributed by atoms with van der Waals surface area (Å²) in [5.41, 5.74) is 0.631. The van der Waals surface area contributed by atoms with E-state index in [0.717, 1.165) is 0 Å². The van der Waals surface area contributed by atoms with E-state index in [1.165, 1.54) is 0 Å². The van der Waals surface area contributed by atoms with E-state index in [2.05, 4.69) is 26.2 Å². The maximum atomic E-state index is 12.4. The zero-order valence-corrected chi connectivity index (χ0v) is 9.95. The van der Waals surface area contributed by atoms with Crippen LogP contribution in [0.15, 0.2) is 12.3 Å². The number of hydrogen-bond donors (Lipinski definition) is 1.